The Bertz CT molecular complexity index is 85.1. The monoisotopic (exact) mass is 146 g/mol. The highest BCUT2D eigenvalue weighted by Crippen LogP contribution is 2.16. The van der Waals surface area contributed by atoms with E-state index in [2.05, 4.69) is 11.9 Å². The van der Waals surface area contributed by atoms with E-state index in [0.717, 1.165) is 11.7 Å². The molecule has 1 saturated heterocycles. The maximum atomic E-state index is 5.35. The Morgan fingerprint density at radius 3 is 3.00 bits per heavy atom. The minimum atomic E-state index is 0.852. The van der Waals surface area contributed by atoms with Gasteiger partial charge in [0.05, 0.1) is 0 Å². The van der Waals surface area contributed by atoms with Gasteiger partial charge in [0.15, 0.2) is 0 Å². The number of hydrogen-bond acceptors (Lipinski definition) is 3. The average molecular weight is 146 g/mol. The van der Waals surface area contributed by atoms with Crippen LogP contribution in [-0.2, 0) is 0 Å². The first kappa shape index (κ1) is 7.38. The van der Waals surface area contributed by atoms with Gasteiger partial charge in [-0.1, -0.05) is 11.9 Å². The molecule has 1 unspecified atom stereocenters. The van der Waals surface area contributed by atoms with E-state index < -0.39 is 0 Å². The Morgan fingerprint density at radius 2 is 2.56 bits per heavy atom. The Hall–Kier alpha value is 0.270. The van der Waals surface area contributed by atoms with E-state index in [-0.39, 0.29) is 0 Å². The highest BCUT2D eigenvalue weighted by molar-refractivity contribution is 7.97. The van der Waals surface area contributed by atoms with Gasteiger partial charge in [0, 0.05) is 12.3 Å². The molecule has 0 aromatic rings. The summed E-state index contributed by atoms with van der Waals surface area (Å²) in [5.74, 6) is 1.98. The minimum Gasteiger partial charge on any atom is -0.306 e. The second-order valence-corrected chi connectivity index (χ2v) is 3.42. The maximum absolute atomic E-state index is 5.35. The number of nitrogens with zero attached hydrogens (tertiary/aromatic N) is 1. The SMILES string of the molecule is CN1CCC(CSN)C1. The van der Waals surface area contributed by atoms with Crippen LogP contribution in [0.1, 0.15) is 6.42 Å². The zero-order valence-corrected chi connectivity index (χ0v) is 6.66. The van der Waals surface area contributed by atoms with Gasteiger partial charge in [-0.25, -0.2) is 0 Å². The van der Waals surface area contributed by atoms with Crippen LogP contribution in [0.2, 0.25) is 0 Å². The average Bonchev–Trinajstić information content (AvgIpc) is 2.17. The molecule has 0 bridgehead atoms. The lowest BCUT2D eigenvalue weighted by molar-refractivity contribution is 0.403. The van der Waals surface area contributed by atoms with E-state index in [9.17, 15) is 0 Å². The molecular formula is C6H14N2S. The highest BCUT2D eigenvalue weighted by Gasteiger charge is 2.18. The van der Waals surface area contributed by atoms with Crippen LogP contribution in [0.5, 0.6) is 0 Å². The molecule has 2 nitrogen and oxygen atoms in total. The normalized spacial score (nSPS) is 29.3. The van der Waals surface area contributed by atoms with E-state index in [1.807, 2.05) is 0 Å². The zero-order chi connectivity index (χ0) is 6.69. The third-order valence-corrected chi connectivity index (χ3v) is 2.48. The van der Waals surface area contributed by atoms with Gasteiger partial charge in [-0.2, -0.15) is 0 Å². The van der Waals surface area contributed by atoms with Crippen molar-refractivity contribution < 1.29 is 0 Å². The zero-order valence-electron chi connectivity index (χ0n) is 5.84. The minimum absolute atomic E-state index is 0.852. The van der Waals surface area contributed by atoms with Gasteiger partial charge in [-0.3, -0.25) is 5.14 Å². The van der Waals surface area contributed by atoms with Crippen LogP contribution in [0, 0.1) is 5.92 Å². The number of hydrogen-bond donors (Lipinski definition) is 1. The van der Waals surface area contributed by atoms with Crippen molar-refractivity contribution in [3.05, 3.63) is 0 Å². The first-order chi connectivity index (χ1) is 4.33. The summed E-state index contributed by atoms with van der Waals surface area (Å²) < 4.78 is 0. The molecule has 0 aromatic carbocycles. The van der Waals surface area contributed by atoms with E-state index in [0.29, 0.717) is 0 Å². The highest BCUT2D eigenvalue weighted by atomic mass is 32.2. The standard InChI is InChI=1S/C6H14N2S/c1-8-3-2-6(4-8)5-9-7/h6H,2-5,7H2,1H3. The van der Waals surface area contributed by atoms with Crippen LogP contribution in [0.15, 0.2) is 0 Å². The van der Waals surface area contributed by atoms with Crippen LogP contribution in [0.25, 0.3) is 0 Å². The Balaban J connectivity index is 2.14. The van der Waals surface area contributed by atoms with Gasteiger partial charge in [0.25, 0.3) is 0 Å². The third kappa shape index (κ3) is 2.16. The van der Waals surface area contributed by atoms with Gasteiger partial charge in [0.1, 0.15) is 0 Å². The second kappa shape index (κ2) is 3.44. The van der Waals surface area contributed by atoms with E-state index >= 15 is 0 Å². The molecular weight excluding hydrogens is 132 g/mol. The van der Waals surface area contributed by atoms with E-state index in [4.69, 9.17) is 5.14 Å². The van der Waals surface area contributed by atoms with Crippen molar-refractivity contribution in [2.24, 2.45) is 11.1 Å². The summed E-state index contributed by atoms with van der Waals surface area (Å²) in [6, 6.07) is 0. The Morgan fingerprint density at radius 1 is 1.78 bits per heavy atom. The molecule has 1 heterocycles. The van der Waals surface area contributed by atoms with Crippen molar-refractivity contribution >= 4 is 11.9 Å². The molecule has 1 atom stereocenters. The number of likely N-dealkylation sites (tertiary alicyclic amines) is 1. The second-order valence-electron chi connectivity index (χ2n) is 2.75. The summed E-state index contributed by atoms with van der Waals surface area (Å²) in [4.78, 5) is 2.36. The van der Waals surface area contributed by atoms with Gasteiger partial charge >= 0.3 is 0 Å². The Labute approximate surface area is 60.9 Å². The molecule has 0 radical (unpaired) electrons. The summed E-state index contributed by atoms with van der Waals surface area (Å²) in [7, 11) is 2.17. The molecule has 1 aliphatic heterocycles. The Kier molecular flexibility index (Phi) is 2.82. The molecule has 9 heavy (non-hydrogen) atoms. The molecule has 1 rings (SSSR count). The largest absolute Gasteiger partial charge is 0.306 e. The fraction of sp³-hybridized carbons (Fsp3) is 1.00. The van der Waals surface area contributed by atoms with Crippen molar-refractivity contribution in [3.63, 3.8) is 0 Å². The van der Waals surface area contributed by atoms with Crippen molar-refractivity contribution in [3.8, 4) is 0 Å². The molecule has 0 amide bonds. The fourth-order valence-corrected chi connectivity index (χ4v) is 1.84. The topological polar surface area (TPSA) is 29.3 Å². The smallest absolute Gasteiger partial charge is 0.0117 e. The lowest BCUT2D eigenvalue weighted by atomic mass is 10.2. The first-order valence-corrected chi connectivity index (χ1v) is 4.38. The molecule has 1 aliphatic rings. The summed E-state index contributed by atoms with van der Waals surface area (Å²) in [6.07, 6.45) is 1.33. The van der Waals surface area contributed by atoms with Gasteiger partial charge in [0.2, 0.25) is 0 Å². The summed E-state index contributed by atoms with van der Waals surface area (Å²) >= 11 is 1.47. The van der Waals surface area contributed by atoms with Gasteiger partial charge in [-0.15, -0.1) is 0 Å². The number of rotatable bonds is 2. The van der Waals surface area contributed by atoms with Crippen LogP contribution >= 0.6 is 11.9 Å². The van der Waals surface area contributed by atoms with Crippen LogP contribution in [0.4, 0.5) is 0 Å². The molecule has 54 valence electrons. The van der Waals surface area contributed by atoms with E-state index in [1.54, 1.807) is 0 Å². The first-order valence-electron chi connectivity index (χ1n) is 3.33. The van der Waals surface area contributed by atoms with Crippen LogP contribution < -0.4 is 5.14 Å². The summed E-state index contributed by atoms with van der Waals surface area (Å²) in [6.45, 7) is 2.50. The quantitative estimate of drug-likeness (QED) is 0.577. The van der Waals surface area contributed by atoms with Crippen LogP contribution in [-0.4, -0.2) is 30.8 Å². The molecule has 0 spiro atoms. The van der Waals surface area contributed by atoms with Crippen molar-refractivity contribution in [2.45, 2.75) is 6.42 Å². The van der Waals surface area contributed by atoms with Gasteiger partial charge < -0.3 is 4.90 Å². The summed E-state index contributed by atoms with van der Waals surface area (Å²) in [5, 5.41) is 5.35. The van der Waals surface area contributed by atoms with Crippen molar-refractivity contribution in [1.29, 1.82) is 0 Å². The van der Waals surface area contributed by atoms with Crippen LogP contribution in [0.3, 0.4) is 0 Å². The third-order valence-electron chi connectivity index (χ3n) is 1.82. The fourth-order valence-electron chi connectivity index (χ4n) is 1.30. The molecule has 0 aromatic heterocycles. The molecule has 2 N–H and O–H groups in total. The molecule has 0 saturated carbocycles. The molecule has 0 aliphatic carbocycles. The number of nitrogens with two attached hydrogens (primary N) is 1. The predicted octanol–water partition coefficient (Wildman–Crippen LogP) is 0.545. The maximum Gasteiger partial charge on any atom is 0.0117 e. The van der Waals surface area contributed by atoms with Crippen molar-refractivity contribution in [2.75, 3.05) is 25.9 Å². The lowest BCUT2D eigenvalue weighted by Crippen LogP contribution is -2.15. The lowest BCUT2D eigenvalue weighted by Gasteiger charge is -2.06. The predicted molar refractivity (Wildman–Crippen MR) is 42.2 cm³/mol. The summed E-state index contributed by atoms with van der Waals surface area (Å²) in [5.41, 5.74) is 0. The van der Waals surface area contributed by atoms with Gasteiger partial charge in [-0.05, 0) is 25.9 Å². The van der Waals surface area contributed by atoms with E-state index in [1.165, 1.54) is 31.5 Å². The molecule has 3 heteroatoms. The molecule has 1 fully saturated rings. The van der Waals surface area contributed by atoms with Crippen molar-refractivity contribution in [1.82, 2.24) is 4.90 Å².